The standard InChI is InChI=1S/C20H26FN3O2/c1-13(22-5)17-9-8-14(10-18(17)21)23-11-15-6-7-16(12-23)24(15)19(25)26-20(2,3)4/h8-10,13,15-16H,6-7,11-12H2,1-4H3. The molecule has 26 heavy (non-hydrogen) atoms. The highest BCUT2D eigenvalue weighted by Gasteiger charge is 2.44. The zero-order valence-electron chi connectivity index (χ0n) is 15.8. The zero-order chi connectivity index (χ0) is 19.1. The van der Waals surface area contributed by atoms with Crippen molar-refractivity contribution in [2.75, 3.05) is 18.0 Å². The molecule has 3 atom stereocenters. The molecule has 6 heteroatoms. The number of carbonyl (C=O) groups excluding carboxylic acids is 1. The van der Waals surface area contributed by atoms with E-state index < -0.39 is 11.6 Å². The van der Waals surface area contributed by atoms with Crippen LogP contribution >= 0.6 is 0 Å². The monoisotopic (exact) mass is 359 g/mol. The van der Waals surface area contributed by atoms with Gasteiger partial charge < -0.3 is 14.5 Å². The van der Waals surface area contributed by atoms with Gasteiger partial charge in [0.05, 0.1) is 17.6 Å². The number of fused-ring (bicyclic) bond motifs is 2. The number of piperazine rings is 1. The molecule has 5 nitrogen and oxygen atoms in total. The Balaban J connectivity index is 1.74. The van der Waals surface area contributed by atoms with Gasteiger partial charge in [0.2, 0.25) is 6.04 Å². The Morgan fingerprint density at radius 2 is 1.92 bits per heavy atom. The number of anilines is 1. The van der Waals surface area contributed by atoms with Gasteiger partial charge in [0, 0.05) is 25.7 Å². The molecule has 0 aliphatic carbocycles. The topological polar surface area (TPSA) is 37.1 Å². The largest absolute Gasteiger partial charge is 0.444 e. The molecule has 2 saturated heterocycles. The van der Waals surface area contributed by atoms with Crippen LogP contribution in [0.4, 0.5) is 14.9 Å². The molecule has 2 fully saturated rings. The first-order chi connectivity index (χ1) is 12.2. The lowest BCUT2D eigenvalue weighted by atomic mass is 10.1. The molecule has 1 aromatic carbocycles. The highest BCUT2D eigenvalue weighted by Crippen LogP contribution is 2.35. The zero-order valence-corrected chi connectivity index (χ0v) is 15.8. The maximum absolute atomic E-state index is 14.4. The van der Waals surface area contributed by atoms with Crippen molar-refractivity contribution in [1.29, 1.82) is 0 Å². The summed E-state index contributed by atoms with van der Waals surface area (Å²) in [7, 11) is 0. The molecule has 2 heterocycles. The molecule has 3 unspecified atom stereocenters. The normalized spacial score (nSPS) is 23.5. The Labute approximate surface area is 154 Å². The van der Waals surface area contributed by atoms with Crippen LogP contribution < -0.4 is 4.90 Å². The maximum atomic E-state index is 14.4. The van der Waals surface area contributed by atoms with Gasteiger partial charge in [-0.2, -0.15) is 0 Å². The quantitative estimate of drug-likeness (QED) is 0.735. The van der Waals surface area contributed by atoms with Gasteiger partial charge in [-0.1, -0.05) is 0 Å². The van der Waals surface area contributed by atoms with Crippen LogP contribution in [0.25, 0.3) is 4.85 Å². The number of nitrogens with zero attached hydrogens (tertiary/aromatic N) is 3. The molecular formula is C20H26FN3O2. The summed E-state index contributed by atoms with van der Waals surface area (Å²) in [5.74, 6) is -0.340. The first-order valence-electron chi connectivity index (χ1n) is 9.12. The summed E-state index contributed by atoms with van der Waals surface area (Å²) in [4.78, 5) is 19.9. The molecule has 0 radical (unpaired) electrons. The van der Waals surface area contributed by atoms with Crippen LogP contribution in [0, 0.1) is 12.4 Å². The van der Waals surface area contributed by atoms with Gasteiger partial charge in [-0.15, -0.1) is 0 Å². The number of halogens is 1. The predicted molar refractivity (Wildman–Crippen MR) is 98.5 cm³/mol. The Hall–Kier alpha value is -2.29. The predicted octanol–water partition coefficient (Wildman–Crippen LogP) is 4.39. The fourth-order valence-electron chi connectivity index (χ4n) is 3.85. The fraction of sp³-hybridized carbons (Fsp3) is 0.600. The summed E-state index contributed by atoms with van der Waals surface area (Å²) >= 11 is 0. The summed E-state index contributed by atoms with van der Waals surface area (Å²) in [6.07, 6.45) is 1.63. The molecule has 2 aliphatic heterocycles. The summed E-state index contributed by atoms with van der Waals surface area (Å²) in [6, 6.07) is 4.80. The summed E-state index contributed by atoms with van der Waals surface area (Å²) < 4.78 is 19.9. The minimum atomic E-state index is -0.508. The smallest absolute Gasteiger partial charge is 0.410 e. The second-order valence-electron chi connectivity index (χ2n) is 8.19. The first kappa shape index (κ1) is 18.5. The van der Waals surface area contributed by atoms with Crippen molar-refractivity contribution in [2.24, 2.45) is 0 Å². The third kappa shape index (κ3) is 3.62. The molecule has 0 saturated carbocycles. The van der Waals surface area contributed by atoms with Gasteiger partial charge in [0.1, 0.15) is 11.4 Å². The Bertz CT molecular complexity index is 724. The molecule has 2 bridgehead atoms. The van der Waals surface area contributed by atoms with Gasteiger partial charge in [-0.3, -0.25) is 4.90 Å². The van der Waals surface area contributed by atoms with Gasteiger partial charge in [-0.05, 0) is 51.8 Å². The third-order valence-corrected chi connectivity index (χ3v) is 5.08. The summed E-state index contributed by atoms with van der Waals surface area (Å²) in [5, 5.41) is 0. The Kier molecular flexibility index (Phi) is 4.83. The van der Waals surface area contributed by atoms with E-state index in [9.17, 15) is 9.18 Å². The number of rotatable bonds is 2. The number of hydrogen-bond acceptors (Lipinski definition) is 3. The molecule has 2 aliphatic rings. The van der Waals surface area contributed by atoms with Gasteiger partial charge in [0.25, 0.3) is 0 Å². The SMILES string of the molecule is [C-]#[N+]C(C)c1ccc(N2CC3CCC(C2)N3C(=O)OC(C)(C)C)cc1F. The van der Waals surface area contributed by atoms with Crippen LogP contribution in [0.2, 0.25) is 0 Å². The minimum Gasteiger partial charge on any atom is -0.444 e. The maximum Gasteiger partial charge on any atom is 0.410 e. The number of amides is 1. The average Bonchev–Trinajstić information content (AvgIpc) is 2.83. The van der Waals surface area contributed by atoms with E-state index in [0.717, 1.165) is 18.5 Å². The van der Waals surface area contributed by atoms with Crippen molar-refractivity contribution >= 4 is 11.8 Å². The molecule has 0 spiro atoms. The van der Waals surface area contributed by atoms with Crippen molar-refractivity contribution < 1.29 is 13.9 Å². The van der Waals surface area contributed by atoms with Crippen molar-refractivity contribution in [3.05, 3.63) is 41.0 Å². The van der Waals surface area contributed by atoms with Crippen LogP contribution in [0.1, 0.15) is 52.1 Å². The summed E-state index contributed by atoms with van der Waals surface area (Å²) in [5.41, 5.74) is 0.731. The molecular weight excluding hydrogens is 333 g/mol. The number of ether oxygens (including phenoxy) is 1. The Morgan fingerprint density at radius 3 is 2.42 bits per heavy atom. The van der Waals surface area contributed by atoms with Gasteiger partial charge in [-0.25, -0.2) is 15.8 Å². The van der Waals surface area contributed by atoms with Crippen molar-refractivity contribution in [1.82, 2.24) is 4.90 Å². The minimum absolute atomic E-state index is 0.0912. The average molecular weight is 359 g/mol. The molecule has 1 aromatic rings. The second-order valence-corrected chi connectivity index (χ2v) is 8.19. The highest BCUT2D eigenvalue weighted by atomic mass is 19.1. The van der Waals surface area contributed by atoms with E-state index in [1.54, 1.807) is 13.0 Å². The van der Waals surface area contributed by atoms with Crippen LogP contribution in [-0.2, 0) is 4.74 Å². The molecule has 0 N–H and O–H groups in total. The lowest BCUT2D eigenvalue weighted by molar-refractivity contribution is 0.0123. The third-order valence-electron chi connectivity index (χ3n) is 5.08. The second kappa shape index (κ2) is 6.79. The van der Waals surface area contributed by atoms with Gasteiger partial charge in [0.15, 0.2) is 0 Å². The van der Waals surface area contributed by atoms with E-state index in [-0.39, 0.29) is 24.0 Å². The highest BCUT2D eigenvalue weighted by molar-refractivity contribution is 5.70. The fourth-order valence-corrected chi connectivity index (χ4v) is 3.85. The van der Waals surface area contributed by atoms with E-state index in [2.05, 4.69) is 9.74 Å². The lowest BCUT2D eigenvalue weighted by Crippen LogP contribution is -2.56. The van der Waals surface area contributed by atoms with E-state index in [1.807, 2.05) is 31.7 Å². The molecule has 1 amide bonds. The number of benzene rings is 1. The van der Waals surface area contributed by atoms with Crippen molar-refractivity contribution in [3.8, 4) is 0 Å². The van der Waals surface area contributed by atoms with Crippen molar-refractivity contribution in [2.45, 2.75) is 64.3 Å². The van der Waals surface area contributed by atoms with E-state index >= 15 is 0 Å². The first-order valence-corrected chi connectivity index (χ1v) is 9.12. The van der Waals surface area contributed by atoms with Crippen LogP contribution in [-0.4, -0.2) is 41.8 Å². The summed E-state index contributed by atoms with van der Waals surface area (Å²) in [6.45, 7) is 15.7. The van der Waals surface area contributed by atoms with Crippen LogP contribution in [0.3, 0.4) is 0 Å². The van der Waals surface area contributed by atoms with Crippen LogP contribution in [0.15, 0.2) is 18.2 Å². The van der Waals surface area contributed by atoms with Crippen molar-refractivity contribution in [3.63, 3.8) is 0 Å². The van der Waals surface area contributed by atoms with E-state index in [4.69, 9.17) is 11.3 Å². The van der Waals surface area contributed by atoms with E-state index in [0.29, 0.717) is 18.7 Å². The van der Waals surface area contributed by atoms with Crippen LogP contribution in [0.5, 0.6) is 0 Å². The number of carbonyl (C=O) groups is 1. The van der Waals surface area contributed by atoms with Gasteiger partial charge >= 0.3 is 6.09 Å². The van der Waals surface area contributed by atoms with E-state index in [1.165, 1.54) is 6.07 Å². The molecule has 140 valence electrons. The lowest BCUT2D eigenvalue weighted by Gasteiger charge is -2.42. The Morgan fingerprint density at radius 1 is 1.31 bits per heavy atom. The molecule has 0 aromatic heterocycles. The number of hydrogen-bond donors (Lipinski definition) is 0. The molecule has 3 rings (SSSR count).